The second kappa shape index (κ2) is 9.77. The third-order valence-corrected chi connectivity index (χ3v) is 6.41. The lowest BCUT2D eigenvalue weighted by Gasteiger charge is -2.22. The highest BCUT2D eigenvalue weighted by Gasteiger charge is 2.32. The minimum Gasteiger partial charge on any atom is -0.486 e. The zero-order valence-electron chi connectivity index (χ0n) is 17.6. The summed E-state index contributed by atoms with van der Waals surface area (Å²) in [5, 5.41) is 7.41. The lowest BCUT2D eigenvalue weighted by Crippen LogP contribution is -2.45. The molecule has 0 spiro atoms. The number of ether oxygens (including phenoxy) is 2. The van der Waals surface area contributed by atoms with Crippen LogP contribution in [0, 0.1) is 5.92 Å². The number of amides is 1. The number of nitrogens with one attached hydrogen (secondary N) is 2. The molecule has 1 unspecified atom stereocenters. The number of rotatable bonds is 5. The molecule has 7 nitrogen and oxygen atoms in total. The zero-order chi connectivity index (χ0) is 20.9. The van der Waals surface area contributed by atoms with Crippen LogP contribution in [0.1, 0.15) is 37.7 Å². The van der Waals surface area contributed by atoms with E-state index < -0.39 is 0 Å². The van der Waals surface area contributed by atoms with Crippen molar-refractivity contribution in [3.8, 4) is 11.5 Å². The van der Waals surface area contributed by atoms with Gasteiger partial charge in [0.25, 0.3) is 0 Å². The molecule has 30 heavy (non-hydrogen) atoms. The molecule has 3 aliphatic rings. The molecule has 2 N–H and O–H groups in total. The molecule has 164 valence electrons. The van der Waals surface area contributed by atoms with Crippen molar-refractivity contribution in [3.05, 3.63) is 22.7 Å². The average Bonchev–Trinajstić information content (AvgIpc) is 3.45. The summed E-state index contributed by atoms with van der Waals surface area (Å²) in [5.41, 5.74) is 1.08. The molecule has 1 aromatic rings. The highest BCUT2D eigenvalue weighted by atomic mass is 35.5. The number of benzene rings is 1. The smallest absolute Gasteiger partial charge is 0.225 e. The Kier molecular flexibility index (Phi) is 6.87. The summed E-state index contributed by atoms with van der Waals surface area (Å²) in [4.78, 5) is 19.0. The molecule has 0 bridgehead atoms. The van der Waals surface area contributed by atoms with Gasteiger partial charge in [0.1, 0.15) is 13.2 Å². The predicted molar refractivity (Wildman–Crippen MR) is 118 cm³/mol. The third kappa shape index (κ3) is 4.94. The van der Waals surface area contributed by atoms with Crippen LogP contribution in [-0.4, -0.2) is 62.7 Å². The first-order valence-corrected chi connectivity index (χ1v) is 11.4. The van der Waals surface area contributed by atoms with Crippen molar-refractivity contribution in [1.82, 2.24) is 15.5 Å². The Morgan fingerprint density at radius 3 is 2.83 bits per heavy atom. The third-order valence-electron chi connectivity index (χ3n) is 6.13. The number of halogens is 1. The average molecular weight is 435 g/mol. The van der Waals surface area contributed by atoms with Crippen LogP contribution in [0.4, 0.5) is 0 Å². The molecule has 2 fully saturated rings. The summed E-state index contributed by atoms with van der Waals surface area (Å²) in [6.45, 7) is 3.38. The number of carbonyl (C=O) groups is 1. The minimum atomic E-state index is 0.241. The number of carbonyl (C=O) groups excluding carboxylic acids is 1. The van der Waals surface area contributed by atoms with E-state index in [1.54, 1.807) is 7.05 Å². The van der Waals surface area contributed by atoms with E-state index in [2.05, 4.69) is 15.6 Å². The summed E-state index contributed by atoms with van der Waals surface area (Å²) >= 11 is 6.32. The van der Waals surface area contributed by atoms with E-state index in [-0.39, 0.29) is 12.0 Å². The van der Waals surface area contributed by atoms with Crippen molar-refractivity contribution in [1.29, 1.82) is 0 Å². The molecule has 0 radical (unpaired) electrons. The molecule has 1 atom stereocenters. The fourth-order valence-corrected chi connectivity index (χ4v) is 4.82. The molecule has 1 saturated heterocycles. The topological polar surface area (TPSA) is 75.2 Å². The lowest BCUT2D eigenvalue weighted by atomic mass is 10.1. The zero-order valence-corrected chi connectivity index (χ0v) is 18.3. The van der Waals surface area contributed by atoms with Crippen LogP contribution in [0.15, 0.2) is 17.1 Å². The van der Waals surface area contributed by atoms with E-state index in [0.717, 1.165) is 50.3 Å². The number of fused-ring (bicyclic) bond motifs is 1. The molecule has 1 aliphatic carbocycles. The second-order valence-electron chi connectivity index (χ2n) is 8.25. The van der Waals surface area contributed by atoms with E-state index in [1.165, 1.54) is 12.8 Å². The molecular weight excluding hydrogens is 404 g/mol. The Bertz CT molecular complexity index is 795. The van der Waals surface area contributed by atoms with Gasteiger partial charge in [-0.1, -0.05) is 24.4 Å². The van der Waals surface area contributed by atoms with Gasteiger partial charge in [-0.2, -0.15) is 0 Å². The van der Waals surface area contributed by atoms with Crippen LogP contribution in [0.25, 0.3) is 0 Å². The second-order valence-corrected chi connectivity index (χ2v) is 8.65. The van der Waals surface area contributed by atoms with E-state index in [4.69, 9.17) is 21.1 Å². The van der Waals surface area contributed by atoms with Gasteiger partial charge < -0.3 is 25.0 Å². The number of guanidine groups is 1. The van der Waals surface area contributed by atoms with Crippen molar-refractivity contribution in [2.75, 3.05) is 39.9 Å². The normalized spacial score (nSPS) is 21.7. The summed E-state index contributed by atoms with van der Waals surface area (Å²) in [6.07, 6.45) is 6.24. The van der Waals surface area contributed by atoms with Gasteiger partial charge in [0.15, 0.2) is 17.5 Å². The van der Waals surface area contributed by atoms with Gasteiger partial charge in [-0.25, -0.2) is 0 Å². The van der Waals surface area contributed by atoms with E-state index in [0.29, 0.717) is 42.2 Å². The van der Waals surface area contributed by atoms with Crippen LogP contribution in [-0.2, 0) is 11.2 Å². The molecule has 1 amide bonds. The van der Waals surface area contributed by atoms with Crippen LogP contribution >= 0.6 is 11.6 Å². The number of aliphatic imine (C=N–C) groups is 1. The van der Waals surface area contributed by atoms with Crippen molar-refractivity contribution in [3.63, 3.8) is 0 Å². The van der Waals surface area contributed by atoms with Gasteiger partial charge in [0.05, 0.1) is 5.02 Å². The number of likely N-dealkylation sites (tertiary alicyclic amines) is 1. The highest BCUT2D eigenvalue weighted by molar-refractivity contribution is 6.32. The van der Waals surface area contributed by atoms with Crippen molar-refractivity contribution in [2.24, 2.45) is 10.9 Å². The van der Waals surface area contributed by atoms with Gasteiger partial charge in [-0.3, -0.25) is 9.79 Å². The Balaban J connectivity index is 1.24. The Hall–Kier alpha value is -2.15. The van der Waals surface area contributed by atoms with Crippen molar-refractivity contribution >= 4 is 23.5 Å². The molecule has 1 saturated carbocycles. The van der Waals surface area contributed by atoms with Gasteiger partial charge in [-0.05, 0) is 43.4 Å². The molecular formula is C22H31ClN4O3. The molecule has 8 heteroatoms. The number of hydrogen-bond donors (Lipinski definition) is 2. The first-order chi connectivity index (χ1) is 14.6. The predicted octanol–water partition coefficient (Wildman–Crippen LogP) is 2.61. The van der Waals surface area contributed by atoms with Crippen molar-refractivity contribution in [2.45, 2.75) is 44.6 Å². The SMILES string of the molecule is CN=C(NCCc1cc(Cl)c2c(c1)OCCO2)NC1CCN(C(=O)C2CCCC2)C1. The van der Waals surface area contributed by atoms with Crippen LogP contribution in [0.5, 0.6) is 11.5 Å². The monoisotopic (exact) mass is 434 g/mol. The maximum absolute atomic E-state index is 12.6. The number of nitrogens with zero attached hydrogens (tertiary/aromatic N) is 2. The lowest BCUT2D eigenvalue weighted by molar-refractivity contribution is -0.134. The van der Waals surface area contributed by atoms with Crippen LogP contribution < -0.4 is 20.1 Å². The van der Waals surface area contributed by atoms with Crippen LogP contribution in [0.2, 0.25) is 5.02 Å². The fourth-order valence-electron chi connectivity index (χ4n) is 4.53. The standard InChI is InChI=1S/C22H31ClN4O3/c1-24-22(26-17-7-9-27(14-17)21(28)16-4-2-3-5-16)25-8-6-15-12-18(23)20-19(13-15)29-10-11-30-20/h12-13,16-17H,2-11,14H2,1H3,(H2,24,25,26). The van der Waals surface area contributed by atoms with Crippen molar-refractivity contribution < 1.29 is 14.3 Å². The maximum Gasteiger partial charge on any atom is 0.225 e. The maximum atomic E-state index is 12.6. The first-order valence-electron chi connectivity index (χ1n) is 11.0. The highest BCUT2D eigenvalue weighted by Crippen LogP contribution is 2.38. The van der Waals surface area contributed by atoms with Crippen LogP contribution in [0.3, 0.4) is 0 Å². The summed E-state index contributed by atoms with van der Waals surface area (Å²) in [6, 6.07) is 4.16. The Morgan fingerprint density at radius 1 is 1.23 bits per heavy atom. The van der Waals surface area contributed by atoms with Gasteiger partial charge >= 0.3 is 0 Å². The minimum absolute atomic E-state index is 0.241. The van der Waals surface area contributed by atoms with Gasteiger partial charge in [-0.15, -0.1) is 0 Å². The number of hydrogen-bond acceptors (Lipinski definition) is 4. The first kappa shape index (κ1) is 21.1. The molecule has 2 aliphatic heterocycles. The van der Waals surface area contributed by atoms with Gasteiger partial charge in [0.2, 0.25) is 5.91 Å². The summed E-state index contributed by atoms with van der Waals surface area (Å²) < 4.78 is 11.2. The molecule has 2 heterocycles. The Morgan fingerprint density at radius 2 is 2.03 bits per heavy atom. The van der Waals surface area contributed by atoms with Gasteiger partial charge in [0, 0.05) is 38.6 Å². The summed E-state index contributed by atoms with van der Waals surface area (Å²) in [7, 11) is 1.77. The molecule has 0 aromatic heterocycles. The Labute approximate surface area is 183 Å². The van der Waals surface area contributed by atoms with E-state index >= 15 is 0 Å². The quantitative estimate of drug-likeness (QED) is 0.550. The fraction of sp³-hybridized carbons (Fsp3) is 0.636. The van der Waals surface area contributed by atoms with E-state index in [1.807, 2.05) is 17.0 Å². The molecule has 1 aromatic carbocycles. The molecule has 4 rings (SSSR count). The van der Waals surface area contributed by atoms with E-state index in [9.17, 15) is 4.79 Å². The summed E-state index contributed by atoms with van der Waals surface area (Å²) in [5.74, 6) is 2.70. The largest absolute Gasteiger partial charge is 0.486 e.